The molecule has 134 valence electrons. The molecule has 0 aromatic carbocycles. The first-order valence-electron chi connectivity index (χ1n) is 8.81. The number of carbonyl (C=O) groups excluding carboxylic acids is 2. The zero-order valence-electron chi connectivity index (χ0n) is 14.6. The Morgan fingerprint density at radius 3 is 2.80 bits per heavy atom. The molecule has 1 aliphatic rings. The molecule has 1 saturated heterocycles. The number of piperidine rings is 1. The Morgan fingerprint density at radius 2 is 2.08 bits per heavy atom. The molecule has 7 heteroatoms. The summed E-state index contributed by atoms with van der Waals surface area (Å²) in [4.78, 5) is 26.8. The van der Waals surface area contributed by atoms with Gasteiger partial charge in [-0.2, -0.15) is 5.10 Å². The maximum Gasteiger partial charge on any atom is 0.269 e. The van der Waals surface area contributed by atoms with E-state index in [1.165, 1.54) is 0 Å². The Hall–Kier alpha value is -2.57. The Labute approximate surface area is 147 Å². The van der Waals surface area contributed by atoms with Crippen LogP contribution in [-0.4, -0.2) is 50.2 Å². The molecule has 1 atom stereocenters. The quantitative estimate of drug-likeness (QED) is 0.862. The monoisotopic (exact) mass is 343 g/mol. The minimum Gasteiger partial charge on any atom is -0.354 e. The van der Waals surface area contributed by atoms with E-state index in [0.717, 1.165) is 25.8 Å². The van der Waals surface area contributed by atoms with Crippen LogP contribution in [0, 0.1) is 0 Å². The fraction of sp³-hybridized carbons (Fsp3) is 0.500. The molecule has 1 unspecified atom stereocenters. The van der Waals surface area contributed by atoms with Gasteiger partial charge in [0.05, 0.1) is 0 Å². The van der Waals surface area contributed by atoms with Crippen molar-refractivity contribution in [1.82, 2.24) is 24.6 Å². The van der Waals surface area contributed by atoms with Crippen molar-refractivity contribution in [2.45, 2.75) is 38.3 Å². The Morgan fingerprint density at radius 1 is 1.28 bits per heavy atom. The van der Waals surface area contributed by atoms with Crippen molar-refractivity contribution in [3.8, 4) is 0 Å². The number of aromatic nitrogens is 3. The summed E-state index contributed by atoms with van der Waals surface area (Å²) in [6.07, 6.45) is 9.08. The molecular formula is C18H25N5O2. The third-order valence-corrected chi connectivity index (χ3v) is 4.75. The van der Waals surface area contributed by atoms with Gasteiger partial charge in [-0.1, -0.05) is 0 Å². The number of aryl methyl sites for hydroxylation is 2. The summed E-state index contributed by atoms with van der Waals surface area (Å²) < 4.78 is 3.57. The summed E-state index contributed by atoms with van der Waals surface area (Å²) in [6, 6.07) is 5.68. The summed E-state index contributed by atoms with van der Waals surface area (Å²) in [6.45, 7) is 1.95. The van der Waals surface area contributed by atoms with E-state index < -0.39 is 0 Å². The van der Waals surface area contributed by atoms with E-state index in [-0.39, 0.29) is 17.9 Å². The topological polar surface area (TPSA) is 72.2 Å². The van der Waals surface area contributed by atoms with Gasteiger partial charge in [0, 0.05) is 57.7 Å². The van der Waals surface area contributed by atoms with Crippen LogP contribution in [0.4, 0.5) is 0 Å². The summed E-state index contributed by atoms with van der Waals surface area (Å²) in [7, 11) is 1.74. The zero-order chi connectivity index (χ0) is 17.6. The molecule has 2 amide bonds. The highest BCUT2D eigenvalue weighted by Crippen LogP contribution is 2.18. The summed E-state index contributed by atoms with van der Waals surface area (Å²) in [5.41, 5.74) is 0.529. The van der Waals surface area contributed by atoms with Crippen LogP contribution >= 0.6 is 0 Å². The number of nitrogens with zero attached hydrogens (tertiary/aromatic N) is 4. The summed E-state index contributed by atoms with van der Waals surface area (Å²) >= 11 is 0. The van der Waals surface area contributed by atoms with Gasteiger partial charge in [0.2, 0.25) is 5.91 Å². The van der Waals surface area contributed by atoms with Gasteiger partial charge in [0.15, 0.2) is 0 Å². The molecule has 0 aliphatic carbocycles. The zero-order valence-corrected chi connectivity index (χ0v) is 14.6. The van der Waals surface area contributed by atoms with Crippen molar-refractivity contribution in [2.75, 3.05) is 13.1 Å². The van der Waals surface area contributed by atoms with E-state index >= 15 is 0 Å². The van der Waals surface area contributed by atoms with Crippen molar-refractivity contribution >= 4 is 11.8 Å². The molecule has 7 nitrogen and oxygen atoms in total. The second-order valence-electron chi connectivity index (χ2n) is 6.46. The second kappa shape index (κ2) is 8.00. The fourth-order valence-electron chi connectivity index (χ4n) is 3.33. The van der Waals surface area contributed by atoms with Crippen molar-refractivity contribution in [3.63, 3.8) is 0 Å². The van der Waals surface area contributed by atoms with Crippen LogP contribution in [0.3, 0.4) is 0 Å². The van der Waals surface area contributed by atoms with E-state index in [1.807, 2.05) is 34.0 Å². The fourth-order valence-corrected chi connectivity index (χ4v) is 3.33. The van der Waals surface area contributed by atoms with Crippen LogP contribution in [0.15, 0.2) is 36.8 Å². The van der Waals surface area contributed by atoms with Gasteiger partial charge in [-0.3, -0.25) is 14.3 Å². The number of rotatable bonds is 6. The molecule has 1 N–H and O–H groups in total. The van der Waals surface area contributed by atoms with E-state index in [2.05, 4.69) is 10.4 Å². The highest BCUT2D eigenvalue weighted by Gasteiger charge is 2.27. The first-order valence-corrected chi connectivity index (χ1v) is 8.81. The Kier molecular flexibility index (Phi) is 5.53. The molecule has 1 fully saturated rings. The smallest absolute Gasteiger partial charge is 0.269 e. The van der Waals surface area contributed by atoms with Gasteiger partial charge in [-0.15, -0.1) is 0 Å². The molecule has 0 spiro atoms. The van der Waals surface area contributed by atoms with E-state index in [1.54, 1.807) is 24.0 Å². The second-order valence-corrected chi connectivity index (χ2v) is 6.46. The SMILES string of the molecule is Cn1nccc1C(=O)NCC1CCCCN1C(=O)CCn1cccc1. The van der Waals surface area contributed by atoms with Gasteiger partial charge >= 0.3 is 0 Å². The lowest BCUT2D eigenvalue weighted by atomic mass is 10.0. The Bertz CT molecular complexity index is 707. The number of hydrogen-bond donors (Lipinski definition) is 1. The van der Waals surface area contributed by atoms with Crippen LogP contribution < -0.4 is 5.32 Å². The minimum absolute atomic E-state index is 0.0723. The molecule has 3 rings (SSSR count). The van der Waals surface area contributed by atoms with Crippen molar-refractivity contribution in [2.24, 2.45) is 7.05 Å². The van der Waals surface area contributed by atoms with Crippen LogP contribution in [-0.2, 0) is 18.4 Å². The maximum absolute atomic E-state index is 12.6. The standard InChI is InChI=1S/C18H25N5O2/c1-21-16(7-9-20-21)18(25)19-14-15-6-2-3-12-23(15)17(24)8-13-22-10-4-5-11-22/h4-5,7,9-11,15H,2-3,6,8,12-14H2,1H3,(H,19,25). The third-order valence-electron chi connectivity index (χ3n) is 4.75. The molecule has 25 heavy (non-hydrogen) atoms. The highest BCUT2D eigenvalue weighted by molar-refractivity contribution is 5.92. The average Bonchev–Trinajstić information content (AvgIpc) is 3.29. The number of hydrogen-bond acceptors (Lipinski definition) is 3. The van der Waals surface area contributed by atoms with Crippen LogP contribution in [0.25, 0.3) is 0 Å². The predicted molar refractivity (Wildman–Crippen MR) is 93.9 cm³/mol. The van der Waals surface area contributed by atoms with Gasteiger partial charge in [-0.05, 0) is 37.5 Å². The first-order chi connectivity index (χ1) is 12.1. The predicted octanol–water partition coefficient (Wildman–Crippen LogP) is 1.42. The van der Waals surface area contributed by atoms with Gasteiger partial charge in [0.25, 0.3) is 5.91 Å². The van der Waals surface area contributed by atoms with E-state index in [4.69, 9.17) is 0 Å². The minimum atomic E-state index is -0.148. The molecule has 2 aromatic rings. The lowest BCUT2D eigenvalue weighted by Crippen LogP contribution is -2.49. The van der Waals surface area contributed by atoms with Gasteiger partial charge in [0.1, 0.15) is 5.69 Å². The summed E-state index contributed by atoms with van der Waals surface area (Å²) in [5.74, 6) is 0.0125. The van der Waals surface area contributed by atoms with Gasteiger partial charge in [-0.25, -0.2) is 0 Å². The van der Waals surface area contributed by atoms with E-state index in [9.17, 15) is 9.59 Å². The van der Waals surface area contributed by atoms with Crippen LogP contribution in [0.2, 0.25) is 0 Å². The number of nitrogens with one attached hydrogen (secondary N) is 1. The average molecular weight is 343 g/mol. The summed E-state index contributed by atoms with van der Waals surface area (Å²) in [5, 5.41) is 6.96. The van der Waals surface area contributed by atoms with Crippen LogP contribution in [0.1, 0.15) is 36.2 Å². The molecule has 3 heterocycles. The Balaban J connectivity index is 1.54. The largest absolute Gasteiger partial charge is 0.354 e. The van der Waals surface area contributed by atoms with Gasteiger partial charge < -0.3 is 14.8 Å². The molecule has 0 bridgehead atoms. The molecule has 1 aliphatic heterocycles. The molecule has 0 saturated carbocycles. The molecule has 2 aromatic heterocycles. The lowest BCUT2D eigenvalue weighted by Gasteiger charge is -2.36. The number of carbonyl (C=O) groups is 2. The lowest BCUT2D eigenvalue weighted by molar-refractivity contribution is -0.135. The number of likely N-dealkylation sites (tertiary alicyclic amines) is 1. The first kappa shape index (κ1) is 17.3. The van der Waals surface area contributed by atoms with Crippen molar-refractivity contribution in [1.29, 1.82) is 0 Å². The third kappa shape index (κ3) is 4.29. The molecule has 0 radical (unpaired) electrons. The normalized spacial score (nSPS) is 17.5. The number of amides is 2. The van der Waals surface area contributed by atoms with Crippen molar-refractivity contribution < 1.29 is 9.59 Å². The van der Waals surface area contributed by atoms with Crippen LogP contribution in [0.5, 0.6) is 0 Å². The van der Waals surface area contributed by atoms with E-state index in [0.29, 0.717) is 25.2 Å². The highest BCUT2D eigenvalue weighted by atomic mass is 16.2. The van der Waals surface area contributed by atoms with Crippen molar-refractivity contribution in [3.05, 3.63) is 42.5 Å². The maximum atomic E-state index is 12.6. The molecular weight excluding hydrogens is 318 g/mol.